The summed E-state index contributed by atoms with van der Waals surface area (Å²) in [6.07, 6.45) is 1.06. The average Bonchev–Trinajstić information content (AvgIpc) is 2.47. The lowest BCUT2D eigenvalue weighted by Gasteiger charge is -2.05. The molecule has 7 heteroatoms. The molecular weight excluding hydrogens is 274 g/mol. The molecule has 0 bridgehead atoms. The summed E-state index contributed by atoms with van der Waals surface area (Å²) in [7, 11) is 0. The molecule has 0 unspecified atom stereocenters. The Kier molecular flexibility index (Phi) is 3.07. The van der Waals surface area contributed by atoms with Crippen LogP contribution in [0.5, 0.6) is 11.6 Å². The monoisotopic (exact) mass is 283 g/mol. The highest BCUT2D eigenvalue weighted by molar-refractivity contribution is 5.83. The number of aromatic amines is 1. The van der Waals surface area contributed by atoms with Crippen LogP contribution in [0, 0.1) is 10.1 Å². The number of ether oxygens (including phenoxy) is 1. The molecule has 0 fully saturated rings. The Labute approximate surface area is 118 Å². The average molecular weight is 283 g/mol. The van der Waals surface area contributed by atoms with Crippen LogP contribution in [-0.2, 0) is 0 Å². The summed E-state index contributed by atoms with van der Waals surface area (Å²) in [5.74, 6) is 0.0360. The van der Waals surface area contributed by atoms with Gasteiger partial charge < -0.3 is 9.72 Å². The van der Waals surface area contributed by atoms with E-state index in [4.69, 9.17) is 4.74 Å². The van der Waals surface area contributed by atoms with Gasteiger partial charge in [0.2, 0.25) is 0 Å². The van der Waals surface area contributed by atoms with E-state index in [0.29, 0.717) is 5.75 Å². The fourth-order valence-corrected chi connectivity index (χ4v) is 1.95. The number of hydrogen-bond donors (Lipinski definition) is 1. The van der Waals surface area contributed by atoms with Crippen LogP contribution < -0.4 is 10.3 Å². The van der Waals surface area contributed by atoms with Gasteiger partial charge in [0.25, 0.3) is 0 Å². The molecule has 21 heavy (non-hydrogen) atoms. The second kappa shape index (κ2) is 5.04. The van der Waals surface area contributed by atoms with Gasteiger partial charge >= 0.3 is 17.1 Å². The van der Waals surface area contributed by atoms with Gasteiger partial charge in [0.05, 0.1) is 11.3 Å². The highest BCUT2D eigenvalue weighted by Crippen LogP contribution is 2.27. The maximum atomic E-state index is 11.5. The van der Waals surface area contributed by atoms with Crippen LogP contribution in [0.4, 0.5) is 5.69 Å². The topological polar surface area (TPSA) is 98.1 Å². The highest BCUT2D eigenvalue weighted by Gasteiger charge is 2.22. The lowest BCUT2D eigenvalue weighted by molar-refractivity contribution is -0.387. The van der Waals surface area contributed by atoms with Crippen molar-refractivity contribution in [2.24, 2.45) is 0 Å². The normalized spacial score (nSPS) is 10.5. The second-order valence-electron chi connectivity index (χ2n) is 4.25. The molecule has 0 aliphatic carbocycles. The van der Waals surface area contributed by atoms with Crippen molar-refractivity contribution < 1.29 is 9.66 Å². The van der Waals surface area contributed by atoms with Gasteiger partial charge in [-0.25, -0.2) is 0 Å². The number of nitro groups is 1. The van der Waals surface area contributed by atoms with Crippen LogP contribution in [0.3, 0.4) is 0 Å². The number of fused-ring (bicyclic) bond motifs is 1. The van der Waals surface area contributed by atoms with Gasteiger partial charge in [0, 0.05) is 0 Å². The van der Waals surface area contributed by atoms with Crippen molar-refractivity contribution in [3.63, 3.8) is 0 Å². The Balaban J connectivity index is 2.04. The number of nitrogens with zero attached hydrogens (tertiary/aromatic N) is 2. The predicted molar refractivity (Wildman–Crippen MR) is 75.5 cm³/mol. The fraction of sp³-hybridized carbons (Fsp3) is 0. The zero-order valence-electron chi connectivity index (χ0n) is 10.6. The maximum Gasteiger partial charge on any atom is 0.395 e. The summed E-state index contributed by atoms with van der Waals surface area (Å²) >= 11 is 0. The standard InChI is InChI=1S/C14H9N3O4/c18-13-12(17(19)20)14(16-8-15-13)21-11-6-5-9-3-1-2-4-10(9)7-11/h1-8H,(H,15,16,18). The molecular formula is C14H9N3O4. The van der Waals surface area contributed by atoms with Gasteiger partial charge in [0.15, 0.2) is 0 Å². The number of hydrogen-bond acceptors (Lipinski definition) is 5. The van der Waals surface area contributed by atoms with Gasteiger partial charge in [-0.1, -0.05) is 30.3 Å². The molecule has 1 heterocycles. The number of benzene rings is 2. The van der Waals surface area contributed by atoms with Crippen LogP contribution in [0.2, 0.25) is 0 Å². The summed E-state index contributed by atoms with van der Waals surface area (Å²) < 4.78 is 5.39. The molecule has 1 N–H and O–H groups in total. The third-order valence-corrected chi connectivity index (χ3v) is 2.91. The van der Waals surface area contributed by atoms with Crippen LogP contribution in [0.15, 0.2) is 53.6 Å². The summed E-state index contributed by atoms with van der Waals surface area (Å²) in [5, 5.41) is 12.8. The molecule has 0 saturated carbocycles. The van der Waals surface area contributed by atoms with E-state index < -0.39 is 16.2 Å². The summed E-state index contributed by atoms with van der Waals surface area (Å²) in [4.78, 5) is 27.4. The van der Waals surface area contributed by atoms with Crippen molar-refractivity contribution >= 4 is 16.5 Å². The lowest BCUT2D eigenvalue weighted by atomic mass is 10.1. The Morgan fingerprint density at radius 2 is 1.90 bits per heavy atom. The minimum Gasteiger partial charge on any atom is -0.433 e. The first-order valence-electron chi connectivity index (χ1n) is 6.04. The largest absolute Gasteiger partial charge is 0.433 e. The van der Waals surface area contributed by atoms with Crippen LogP contribution in [0.25, 0.3) is 10.8 Å². The Bertz CT molecular complexity index is 889. The minimum absolute atomic E-state index is 0.334. The molecule has 0 amide bonds. The maximum absolute atomic E-state index is 11.5. The van der Waals surface area contributed by atoms with E-state index in [9.17, 15) is 14.9 Å². The first kappa shape index (κ1) is 12.8. The molecule has 1 aromatic heterocycles. The zero-order valence-corrected chi connectivity index (χ0v) is 10.6. The lowest BCUT2D eigenvalue weighted by Crippen LogP contribution is -2.13. The van der Waals surface area contributed by atoms with Crippen LogP contribution >= 0.6 is 0 Å². The predicted octanol–water partition coefficient (Wildman–Crippen LogP) is 2.62. The first-order chi connectivity index (χ1) is 10.1. The molecule has 0 atom stereocenters. The van der Waals surface area contributed by atoms with Gasteiger partial charge in [-0.05, 0) is 22.9 Å². The van der Waals surface area contributed by atoms with E-state index in [2.05, 4.69) is 9.97 Å². The van der Waals surface area contributed by atoms with E-state index in [1.54, 1.807) is 12.1 Å². The van der Waals surface area contributed by atoms with Crippen molar-refractivity contribution in [2.75, 3.05) is 0 Å². The smallest absolute Gasteiger partial charge is 0.395 e. The van der Waals surface area contributed by atoms with Crippen molar-refractivity contribution in [3.05, 3.63) is 69.3 Å². The third-order valence-electron chi connectivity index (χ3n) is 2.91. The fourth-order valence-electron chi connectivity index (χ4n) is 1.95. The summed E-state index contributed by atoms with van der Waals surface area (Å²) in [6, 6.07) is 12.8. The molecule has 0 radical (unpaired) electrons. The first-order valence-corrected chi connectivity index (χ1v) is 6.04. The quantitative estimate of drug-likeness (QED) is 0.588. The van der Waals surface area contributed by atoms with Crippen LogP contribution in [0.1, 0.15) is 0 Å². The molecule has 0 aliphatic heterocycles. The van der Waals surface area contributed by atoms with Gasteiger partial charge in [-0.3, -0.25) is 14.9 Å². The van der Waals surface area contributed by atoms with E-state index in [1.165, 1.54) is 0 Å². The number of H-pyrrole nitrogens is 1. The molecule has 3 rings (SSSR count). The SMILES string of the molecule is O=c1[nH]cnc(Oc2ccc3ccccc3c2)c1[N+](=O)[O-]. The van der Waals surface area contributed by atoms with E-state index >= 15 is 0 Å². The molecule has 0 aliphatic rings. The number of nitrogens with one attached hydrogen (secondary N) is 1. The zero-order chi connectivity index (χ0) is 14.8. The van der Waals surface area contributed by atoms with E-state index in [1.807, 2.05) is 30.3 Å². The number of rotatable bonds is 3. The van der Waals surface area contributed by atoms with Gasteiger partial charge in [-0.2, -0.15) is 4.98 Å². The Hall–Kier alpha value is -3.22. The number of aromatic nitrogens is 2. The molecule has 7 nitrogen and oxygen atoms in total. The van der Waals surface area contributed by atoms with E-state index in [-0.39, 0.29) is 5.88 Å². The van der Waals surface area contributed by atoms with Crippen LogP contribution in [-0.4, -0.2) is 14.9 Å². The van der Waals surface area contributed by atoms with Gasteiger partial charge in [0.1, 0.15) is 5.75 Å². The summed E-state index contributed by atoms with van der Waals surface area (Å²) in [5.41, 5.74) is -1.57. The van der Waals surface area contributed by atoms with Crippen molar-refractivity contribution in [1.29, 1.82) is 0 Å². The molecule has 2 aromatic carbocycles. The third kappa shape index (κ3) is 2.44. The highest BCUT2D eigenvalue weighted by atomic mass is 16.6. The molecule has 0 spiro atoms. The van der Waals surface area contributed by atoms with Crippen molar-refractivity contribution in [1.82, 2.24) is 9.97 Å². The minimum atomic E-state index is -0.856. The van der Waals surface area contributed by atoms with E-state index in [0.717, 1.165) is 17.1 Å². The molecule has 3 aromatic rings. The van der Waals surface area contributed by atoms with Gasteiger partial charge in [-0.15, -0.1) is 0 Å². The second-order valence-corrected chi connectivity index (χ2v) is 4.25. The Morgan fingerprint density at radius 3 is 2.67 bits per heavy atom. The van der Waals surface area contributed by atoms with Crippen molar-refractivity contribution in [3.8, 4) is 11.6 Å². The van der Waals surface area contributed by atoms with Crippen molar-refractivity contribution in [2.45, 2.75) is 0 Å². The molecule has 104 valence electrons. The summed E-state index contributed by atoms with van der Waals surface area (Å²) in [6.45, 7) is 0. The molecule has 0 saturated heterocycles. The Morgan fingerprint density at radius 1 is 1.14 bits per heavy atom.